The van der Waals surface area contributed by atoms with Crippen molar-refractivity contribution >= 4 is 52.1 Å². The first kappa shape index (κ1) is 45.2. The Kier molecular flexibility index (Phi) is 18.6. The molecule has 2 aromatic carbocycles. The van der Waals surface area contributed by atoms with Crippen LogP contribution >= 0.6 is 11.6 Å². The molecule has 3 aliphatic heterocycles. The second-order valence-electron chi connectivity index (χ2n) is 13.9. The van der Waals surface area contributed by atoms with Crippen molar-refractivity contribution < 1.29 is 19.3 Å². The lowest BCUT2D eigenvalue weighted by Gasteiger charge is -2.26. The number of nitrogens with zero attached hydrogens (tertiary/aromatic N) is 7. The van der Waals surface area contributed by atoms with Crippen LogP contribution in [0.5, 0.6) is 0 Å². The van der Waals surface area contributed by atoms with Gasteiger partial charge in [-0.1, -0.05) is 11.6 Å². The molecule has 3 fully saturated rings. The highest BCUT2D eigenvalue weighted by Crippen LogP contribution is 2.18. The van der Waals surface area contributed by atoms with Gasteiger partial charge in [-0.05, 0) is 106 Å². The number of halogens is 1. The molecule has 0 unspecified atom stereocenters. The van der Waals surface area contributed by atoms with Crippen molar-refractivity contribution in [3.05, 3.63) is 124 Å². The number of likely N-dealkylation sites (tertiary alicyclic amines) is 3. The number of amides is 3. The average molecular weight is 829 g/mol. The minimum Gasteiger partial charge on any atom is -0.399 e. The summed E-state index contributed by atoms with van der Waals surface area (Å²) in [6.45, 7) is 5.15. The standard InChI is InChI=1S/C12H14N2O3.C12H16N2O.C11H14N2O.C3H4ClN3.C3H5N3/c15-12(13-8-2-1-3-9-13)10-4-6-11(7-5-10)14(16)17;13-11-6-4-10(5-7-11)12(15)14-8-2-1-3-9-14;14-11(10-5-4-6-12-9-10)13-7-2-1-3-8-13;4-3-2(5)1-6-7-3;4-3-1-5-6-2-3/h4-7H,1-3,8-9H2;4-7H,1-3,8-9,13H2;4-6,9H,1-3,7-8H2;1H,5H2,(H,6,7);1-2H,4H2,(H,5,6). The Morgan fingerprint density at radius 3 is 1.41 bits per heavy atom. The molecule has 0 atom stereocenters. The van der Waals surface area contributed by atoms with Crippen LogP contribution < -0.4 is 17.2 Å². The molecular formula is C41H53ClN12O5. The van der Waals surface area contributed by atoms with Gasteiger partial charge < -0.3 is 31.9 Å². The summed E-state index contributed by atoms with van der Waals surface area (Å²) in [7, 11) is 0. The van der Waals surface area contributed by atoms with E-state index in [1.54, 1.807) is 55.1 Å². The Hall–Kier alpha value is -6.49. The molecule has 0 radical (unpaired) electrons. The molecule has 8 N–H and O–H groups in total. The Morgan fingerprint density at radius 1 is 0.610 bits per heavy atom. The summed E-state index contributed by atoms with van der Waals surface area (Å²) in [5.41, 5.74) is 19.8. The van der Waals surface area contributed by atoms with Gasteiger partial charge in [-0.25, -0.2) is 0 Å². The van der Waals surface area contributed by atoms with Crippen molar-refractivity contribution in [1.82, 2.24) is 40.1 Å². The van der Waals surface area contributed by atoms with Crippen LogP contribution in [-0.4, -0.2) is 102 Å². The second-order valence-corrected chi connectivity index (χ2v) is 14.3. The first-order valence-electron chi connectivity index (χ1n) is 19.6. The largest absolute Gasteiger partial charge is 0.399 e. The maximum atomic E-state index is 12.0. The number of pyridine rings is 1. The van der Waals surface area contributed by atoms with Crippen LogP contribution in [0, 0.1) is 10.1 Å². The number of carbonyl (C=O) groups excluding carboxylic acids is 3. The third kappa shape index (κ3) is 15.4. The predicted octanol–water partition coefficient (Wildman–Crippen LogP) is 6.46. The van der Waals surface area contributed by atoms with E-state index in [2.05, 4.69) is 25.4 Å². The van der Waals surface area contributed by atoms with E-state index in [-0.39, 0.29) is 23.4 Å². The zero-order chi connectivity index (χ0) is 42.4. The van der Waals surface area contributed by atoms with Crippen LogP contribution in [0.4, 0.5) is 22.7 Å². The van der Waals surface area contributed by atoms with Gasteiger partial charge in [0.25, 0.3) is 23.4 Å². The van der Waals surface area contributed by atoms with Crippen molar-refractivity contribution in [2.75, 3.05) is 56.5 Å². The third-order valence-electron chi connectivity index (χ3n) is 9.46. The van der Waals surface area contributed by atoms with Gasteiger partial charge in [0.2, 0.25) is 0 Å². The molecule has 5 aromatic rings. The number of nitrogen functional groups attached to an aromatic ring is 3. The molecule has 314 valence electrons. The molecule has 59 heavy (non-hydrogen) atoms. The molecule has 18 heteroatoms. The number of piperidine rings is 3. The van der Waals surface area contributed by atoms with Gasteiger partial charge in [0.05, 0.1) is 34.3 Å². The van der Waals surface area contributed by atoms with Gasteiger partial charge in [-0.2, -0.15) is 10.2 Å². The number of anilines is 3. The minimum absolute atomic E-state index is 0.0141. The summed E-state index contributed by atoms with van der Waals surface area (Å²) in [5, 5.41) is 23.0. The van der Waals surface area contributed by atoms with E-state index in [4.69, 9.17) is 28.8 Å². The highest BCUT2D eigenvalue weighted by molar-refractivity contribution is 6.31. The quantitative estimate of drug-likeness (QED) is 0.0746. The van der Waals surface area contributed by atoms with Crippen LogP contribution in [0.1, 0.15) is 88.9 Å². The third-order valence-corrected chi connectivity index (χ3v) is 9.76. The number of nitro benzene ring substituents is 1. The number of carbonyl (C=O) groups is 3. The summed E-state index contributed by atoms with van der Waals surface area (Å²) in [6.07, 6.45) is 18.2. The summed E-state index contributed by atoms with van der Waals surface area (Å²) in [5.74, 6) is 0.229. The molecule has 3 aliphatic rings. The normalized spacial score (nSPS) is 14.6. The van der Waals surface area contributed by atoms with E-state index in [0.29, 0.717) is 33.3 Å². The Balaban J connectivity index is 0.000000170. The molecule has 6 heterocycles. The van der Waals surface area contributed by atoms with Crippen molar-refractivity contribution in [1.29, 1.82) is 0 Å². The number of benzene rings is 2. The van der Waals surface area contributed by atoms with Gasteiger partial charge >= 0.3 is 0 Å². The lowest BCUT2D eigenvalue weighted by atomic mass is 10.1. The SMILES string of the molecule is Nc1ccc(C(=O)N2CCCCC2)cc1.Nc1cn[nH]c1.Nc1cn[nH]c1Cl.O=C(c1ccc([N+](=O)[O-])cc1)N1CCCCC1.O=C(c1cccnc1)N1CCCCC1. The number of hydrogen-bond donors (Lipinski definition) is 5. The fraction of sp³-hybridized carbons (Fsp3) is 0.366. The number of nitro groups is 1. The summed E-state index contributed by atoms with van der Waals surface area (Å²) >= 11 is 5.38. The molecule has 0 aliphatic carbocycles. The number of hydrogen-bond acceptors (Lipinski definition) is 11. The fourth-order valence-corrected chi connectivity index (χ4v) is 6.32. The molecule has 3 amide bonds. The number of nitrogens with two attached hydrogens (primary N) is 3. The fourth-order valence-electron chi connectivity index (χ4n) is 6.22. The zero-order valence-electron chi connectivity index (χ0n) is 33.0. The lowest BCUT2D eigenvalue weighted by Crippen LogP contribution is -2.35. The number of aromatic amines is 2. The van der Waals surface area contributed by atoms with Gasteiger partial charge in [0.15, 0.2) is 0 Å². The molecule has 3 aromatic heterocycles. The van der Waals surface area contributed by atoms with Crippen LogP contribution in [-0.2, 0) is 0 Å². The van der Waals surface area contributed by atoms with Crippen molar-refractivity contribution in [3.8, 4) is 0 Å². The van der Waals surface area contributed by atoms with Crippen molar-refractivity contribution in [3.63, 3.8) is 0 Å². The van der Waals surface area contributed by atoms with E-state index in [9.17, 15) is 24.5 Å². The maximum absolute atomic E-state index is 12.0. The first-order valence-corrected chi connectivity index (χ1v) is 20.0. The monoisotopic (exact) mass is 828 g/mol. The summed E-state index contributed by atoms with van der Waals surface area (Å²) in [6, 6.07) is 16.6. The van der Waals surface area contributed by atoms with Crippen LogP contribution in [0.25, 0.3) is 0 Å². The van der Waals surface area contributed by atoms with Crippen molar-refractivity contribution in [2.24, 2.45) is 0 Å². The van der Waals surface area contributed by atoms with E-state index in [1.807, 2.05) is 20.8 Å². The van der Waals surface area contributed by atoms with Gasteiger partial charge in [-0.15, -0.1) is 0 Å². The molecule has 0 bridgehead atoms. The Bertz CT molecular complexity index is 1980. The Labute approximate surface area is 348 Å². The van der Waals surface area contributed by atoms with E-state index < -0.39 is 4.92 Å². The maximum Gasteiger partial charge on any atom is 0.269 e. The number of aromatic nitrogens is 5. The van der Waals surface area contributed by atoms with Crippen molar-refractivity contribution in [2.45, 2.75) is 57.8 Å². The second kappa shape index (κ2) is 24.3. The molecule has 17 nitrogen and oxygen atoms in total. The van der Waals surface area contributed by atoms with E-state index >= 15 is 0 Å². The number of non-ortho nitro benzene ring substituents is 1. The van der Waals surface area contributed by atoms with E-state index in [1.165, 1.54) is 49.7 Å². The number of nitrogens with one attached hydrogen (secondary N) is 2. The average Bonchev–Trinajstić information content (AvgIpc) is 3.94. The van der Waals surface area contributed by atoms with Crippen LogP contribution in [0.2, 0.25) is 5.15 Å². The number of rotatable bonds is 4. The summed E-state index contributed by atoms with van der Waals surface area (Å²) < 4.78 is 0. The van der Waals surface area contributed by atoms with Gasteiger partial charge in [0, 0.05) is 86.8 Å². The Morgan fingerprint density at radius 2 is 1.08 bits per heavy atom. The van der Waals surface area contributed by atoms with Crippen LogP contribution in [0.15, 0.2) is 91.6 Å². The first-order chi connectivity index (χ1) is 28.5. The predicted molar refractivity (Wildman–Crippen MR) is 228 cm³/mol. The zero-order valence-corrected chi connectivity index (χ0v) is 33.8. The summed E-state index contributed by atoms with van der Waals surface area (Å²) in [4.78, 5) is 55.6. The highest BCUT2D eigenvalue weighted by atomic mass is 35.5. The van der Waals surface area contributed by atoms with Gasteiger partial charge in [-0.3, -0.25) is 39.7 Å². The van der Waals surface area contributed by atoms with Crippen LogP contribution in [0.3, 0.4) is 0 Å². The molecule has 0 spiro atoms. The van der Waals surface area contributed by atoms with E-state index in [0.717, 1.165) is 83.4 Å². The minimum atomic E-state index is -0.463. The molecular weight excluding hydrogens is 776 g/mol. The smallest absolute Gasteiger partial charge is 0.269 e. The number of H-pyrrole nitrogens is 2. The topological polar surface area (TPSA) is 252 Å². The molecule has 0 saturated carbocycles. The van der Waals surface area contributed by atoms with Gasteiger partial charge in [0.1, 0.15) is 5.15 Å². The molecule has 8 rings (SSSR count). The highest BCUT2D eigenvalue weighted by Gasteiger charge is 2.20. The lowest BCUT2D eigenvalue weighted by molar-refractivity contribution is -0.384. The molecule has 3 saturated heterocycles.